The average molecular weight is 211 g/mol. The van der Waals surface area contributed by atoms with Crippen molar-refractivity contribution < 1.29 is 12.8 Å². The van der Waals surface area contributed by atoms with E-state index in [4.69, 9.17) is 0 Å². The standard InChI is InChI=1S/BFH.3FH.Sb.H/c1-2;;;;;/h1H;3*1H;;/q+1;;;;+2;/p-3. The van der Waals surface area contributed by atoms with Gasteiger partial charge in [0, 0.05) is 0 Å². The molecule has 0 saturated heterocycles. The number of rotatable bonds is 1. The molecule has 0 bridgehead atoms. The Kier molecular flexibility index (Phi) is 2.26. The van der Waals surface area contributed by atoms with Crippen LogP contribution < -0.4 is 0 Å². The Morgan fingerprint density at radius 2 is 1.33 bits per heavy atom. The van der Waals surface area contributed by atoms with Crippen molar-refractivity contribution in [3.8, 4) is 0 Å². The third kappa shape index (κ3) is 4.60. The van der Waals surface area contributed by atoms with Crippen molar-refractivity contribution in [2.24, 2.45) is 0 Å². The summed E-state index contributed by atoms with van der Waals surface area (Å²) in [5.41, 5.74) is 0. The third-order valence-corrected chi connectivity index (χ3v) is 1.02. The molecule has 0 amide bonds. The molecular weight excluding hydrogens is 209 g/mol. The molecule has 0 saturated carbocycles. The fourth-order valence-corrected chi connectivity index (χ4v) is 0. The maximum atomic E-state index is 10.6. The molecule has 0 aliphatic carbocycles. The van der Waals surface area contributed by atoms with E-state index in [1.54, 1.807) is 0 Å². The van der Waals surface area contributed by atoms with Gasteiger partial charge < -0.3 is 0 Å². The first-order valence-electron chi connectivity index (χ1n) is 1.19. The van der Waals surface area contributed by atoms with Crippen molar-refractivity contribution in [2.75, 3.05) is 0 Å². The summed E-state index contributed by atoms with van der Waals surface area (Å²) >= 11 is -6.40. The molecular formula is H2BF4Sb. The zero-order chi connectivity index (χ0) is 5.21. The van der Waals surface area contributed by atoms with Crippen LogP contribution in [0.25, 0.3) is 0 Å². The van der Waals surface area contributed by atoms with Gasteiger partial charge in [-0.25, -0.2) is 0 Å². The minimum atomic E-state index is -6.40. The molecule has 0 aromatic carbocycles. The molecule has 0 unspecified atom stereocenters. The Balaban J connectivity index is 3.17. The normalized spacial score (nSPS) is 14.0. The van der Waals surface area contributed by atoms with Crippen molar-refractivity contribution >= 4 is 25.7 Å². The van der Waals surface area contributed by atoms with E-state index in [-0.39, 0.29) is 0 Å². The van der Waals surface area contributed by atoms with E-state index in [0.29, 0.717) is 0 Å². The zero-order valence-electron chi connectivity index (χ0n) is 2.72. The summed E-state index contributed by atoms with van der Waals surface area (Å²) in [5, 5.41) is -2.02. The first-order chi connectivity index (χ1) is 2.56. The van der Waals surface area contributed by atoms with Crippen LogP contribution in [0.2, 0.25) is 0 Å². The fourth-order valence-electron chi connectivity index (χ4n) is 0. The quantitative estimate of drug-likeness (QED) is 0.434. The van der Waals surface area contributed by atoms with Crippen LogP contribution in [0.1, 0.15) is 0 Å². The van der Waals surface area contributed by atoms with Gasteiger partial charge >= 0.3 is 38.4 Å². The van der Waals surface area contributed by atoms with E-state index in [1.807, 2.05) is 0 Å². The van der Waals surface area contributed by atoms with Gasteiger partial charge in [0.2, 0.25) is 0 Å². The second kappa shape index (κ2) is 2.05. The van der Waals surface area contributed by atoms with Crippen LogP contribution in [-0.2, 0) is 0 Å². The van der Waals surface area contributed by atoms with Crippen LogP contribution in [0.5, 0.6) is 0 Å². The summed E-state index contributed by atoms with van der Waals surface area (Å²) in [4.78, 5) is 0. The van der Waals surface area contributed by atoms with Crippen LogP contribution in [0.15, 0.2) is 0 Å². The third-order valence-electron chi connectivity index (χ3n) is 0.152. The predicted molar refractivity (Wildman–Crippen MR) is 18.7 cm³/mol. The number of hydrogen-bond donors (Lipinski definition) is 0. The molecule has 6 heteroatoms. The van der Waals surface area contributed by atoms with Crippen LogP contribution in [0.3, 0.4) is 0 Å². The van der Waals surface area contributed by atoms with Gasteiger partial charge in [-0.15, -0.1) is 0 Å². The van der Waals surface area contributed by atoms with Crippen molar-refractivity contribution in [3.63, 3.8) is 0 Å². The van der Waals surface area contributed by atoms with E-state index in [1.165, 1.54) is 0 Å². The molecule has 0 spiro atoms. The molecule has 0 aliphatic heterocycles. The molecule has 6 heavy (non-hydrogen) atoms. The van der Waals surface area contributed by atoms with Crippen molar-refractivity contribution in [1.29, 1.82) is 0 Å². The van der Waals surface area contributed by atoms with E-state index in [2.05, 4.69) is 0 Å². The van der Waals surface area contributed by atoms with Crippen LogP contribution in [-0.4, -0.2) is 25.7 Å². The molecule has 0 aliphatic rings. The molecule has 0 N–H and O–H groups in total. The summed E-state index contributed by atoms with van der Waals surface area (Å²) in [6, 6.07) is 0. The number of halogens is 4. The van der Waals surface area contributed by atoms with Crippen LogP contribution in [0, 0.1) is 0 Å². The Bertz CT molecular complexity index is 37.3. The maximum absolute atomic E-state index is 10.6. The SMILES string of the molecule is F[BH][SbH]([F])([F])[F]. The minimum absolute atomic E-state index is 2.02. The number of hydrogen-bond acceptors (Lipinski definition) is 0. The summed E-state index contributed by atoms with van der Waals surface area (Å²) in [5.74, 6) is 0. The van der Waals surface area contributed by atoms with Gasteiger partial charge in [0.25, 0.3) is 0 Å². The monoisotopic (exact) mass is 210 g/mol. The Morgan fingerprint density at radius 3 is 1.33 bits per heavy atom. The second-order valence-corrected chi connectivity index (χ2v) is 5.02. The van der Waals surface area contributed by atoms with Crippen LogP contribution >= 0.6 is 0 Å². The molecule has 0 aromatic rings. The van der Waals surface area contributed by atoms with Crippen LogP contribution in [0.4, 0.5) is 12.8 Å². The summed E-state index contributed by atoms with van der Waals surface area (Å²) in [6.07, 6.45) is 0. The topological polar surface area (TPSA) is 0 Å². The molecule has 0 nitrogen and oxygen atoms in total. The van der Waals surface area contributed by atoms with Gasteiger partial charge in [-0.2, -0.15) is 0 Å². The van der Waals surface area contributed by atoms with Gasteiger partial charge in [-0.3, -0.25) is 0 Å². The zero-order valence-corrected chi connectivity index (χ0v) is 5.57. The first-order valence-corrected chi connectivity index (χ1v) is 6.44. The second-order valence-electron chi connectivity index (χ2n) is 0.749. The Hall–Kier alpha value is 0.603. The fraction of sp³-hybridized carbons (Fsp3) is 0. The summed E-state index contributed by atoms with van der Waals surface area (Å²) < 4.78 is 42.3. The first kappa shape index (κ1) is 6.60. The van der Waals surface area contributed by atoms with Gasteiger partial charge in [0.15, 0.2) is 0 Å². The molecule has 0 rings (SSSR count). The van der Waals surface area contributed by atoms with E-state index < -0.39 is 25.7 Å². The molecule has 0 atom stereocenters. The Labute approximate surface area is 38.9 Å². The van der Waals surface area contributed by atoms with E-state index in [9.17, 15) is 12.8 Å². The van der Waals surface area contributed by atoms with Gasteiger partial charge in [0.1, 0.15) is 0 Å². The van der Waals surface area contributed by atoms with Crippen molar-refractivity contribution in [3.05, 3.63) is 0 Å². The van der Waals surface area contributed by atoms with Gasteiger partial charge in [-0.05, 0) is 0 Å². The van der Waals surface area contributed by atoms with Crippen molar-refractivity contribution in [1.82, 2.24) is 0 Å². The molecule has 38 valence electrons. The van der Waals surface area contributed by atoms with E-state index in [0.717, 1.165) is 0 Å². The van der Waals surface area contributed by atoms with Gasteiger partial charge in [-0.1, -0.05) is 0 Å². The summed E-state index contributed by atoms with van der Waals surface area (Å²) in [6.45, 7) is 0. The molecule has 0 heterocycles. The molecule has 0 aromatic heterocycles. The van der Waals surface area contributed by atoms with E-state index >= 15 is 0 Å². The van der Waals surface area contributed by atoms with Crippen molar-refractivity contribution in [2.45, 2.75) is 0 Å². The molecule has 0 radical (unpaired) electrons. The summed E-state index contributed by atoms with van der Waals surface area (Å²) in [7, 11) is 0. The predicted octanol–water partition coefficient (Wildman–Crippen LogP) is 0.384. The van der Waals surface area contributed by atoms with Gasteiger partial charge in [0.05, 0.1) is 0 Å². The Morgan fingerprint density at radius 1 is 1.17 bits per heavy atom. The average Bonchev–Trinajstić information content (AvgIpc) is 1.35. The molecule has 0 fully saturated rings.